The molecule has 1 aliphatic heterocycles. The molecule has 0 aromatic heterocycles. The van der Waals surface area contributed by atoms with Gasteiger partial charge in [0.25, 0.3) is 0 Å². The Bertz CT molecular complexity index is 657. The third-order valence-electron chi connectivity index (χ3n) is 5.64. The van der Waals surface area contributed by atoms with Crippen molar-refractivity contribution in [2.75, 3.05) is 13.7 Å². The monoisotopic (exact) mass is 349 g/mol. The quantitative estimate of drug-likeness (QED) is 0.888. The highest BCUT2D eigenvalue weighted by Gasteiger charge is 2.50. The Hall–Kier alpha value is -1.95. The van der Waals surface area contributed by atoms with E-state index in [1.807, 2.05) is 0 Å². The van der Waals surface area contributed by atoms with Gasteiger partial charge in [-0.15, -0.1) is 0 Å². The molecular weight excluding hydrogens is 325 g/mol. The highest BCUT2D eigenvalue weighted by atomic mass is 19.1. The largest absolute Gasteiger partial charge is 0.481 e. The summed E-state index contributed by atoms with van der Waals surface area (Å²) < 4.78 is 19.9. The third-order valence-corrected chi connectivity index (χ3v) is 5.64. The summed E-state index contributed by atoms with van der Waals surface area (Å²) in [5.41, 5.74) is -0.447. The molecule has 1 saturated carbocycles. The predicted molar refractivity (Wildman–Crippen MR) is 89.7 cm³/mol. The van der Waals surface area contributed by atoms with Gasteiger partial charge in [0.15, 0.2) is 0 Å². The van der Waals surface area contributed by atoms with Gasteiger partial charge in [0.2, 0.25) is 5.91 Å². The first-order chi connectivity index (χ1) is 12.0. The molecule has 2 unspecified atom stereocenters. The molecule has 0 radical (unpaired) electrons. The lowest BCUT2D eigenvalue weighted by atomic mass is 9.77. The highest BCUT2D eigenvalue weighted by Crippen LogP contribution is 2.45. The smallest absolute Gasteiger partial charge is 0.305 e. The Morgan fingerprint density at radius 1 is 1.32 bits per heavy atom. The molecule has 0 spiro atoms. The van der Waals surface area contributed by atoms with E-state index in [4.69, 9.17) is 4.74 Å². The molecule has 2 atom stereocenters. The van der Waals surface area contributed by atoms with Gasteiger partial charge >= 0.3 is 5.97 Å². The lowest BCUT2D eigenvalue weighted by Crippen LogP contribution is -2.48. The Morgan fingerprint density at radius 2 is 2.00 bits per heavy atom. The molecule has 1 amide bonds. The van der Waals surface area contributed by atoms with Crippen LogP contribution >= 0.6 is 0 Å². The second kappa shape index (κ2) is 7.12. The number of carboxylic acids is 1. The number of carbonyl (C=O) groups excluding carboxylic acids is 1. The molecule has 5 nitrogen and oxygen atoms in total. The van der Waals surface area contributed by atoms with Crippen LogP contribution in [0.2, 0.25) is 0 Å². The number of benzene rings is 1. The minimum atomic E-state index is -0.939. The zero-order chi connectivity index (χ0) is 18.0. The maximum Gasteiger partial charge on any atom is 0.305 e. The fraction of sp³-hybridized carbons (Fsp3) is 0.579. The van der Waals surface area contributed by atoms with Crippen LogP contribution in [-0.4, -0.2) is 47.7 Å². The molecule has 1 aromatic rings. The number of hydrogen-bond acceptors (Lipinski definition) is 3. The van der Waals surface area contributed by atoms with E-state index >= 15 is 0 Å². The van der Waals surface area contributed by atoms with Crippen molar-refractivity contribution in [2.45, 2.75) is 56.1 Å². The summed E-state index contributed by atoms with van der Waals surface area (Å²) in [7, 11) is 1.57. The van der Waals surface area contributed by atoms with E-state index in [0.29, 0.717) is 31.4 Å². The van der Waals surface area contributed by atoms with E-state index in [1.54, 1.807) is 30.2 Å². The van der Waals surface area contributed by atoms with Crippen LogP contribution in [0.15, 0.2) is 24.3 Å². The fourth-order valence-electron chi connectivity index (χ4n) is 4.39. The van der Waals surface area contributed by atoms with E-state index in [1.165, 1.54) is 6.07 Å². The van der Waals surface area contributed by atoms with Crippen LogP contribution in [0.25, 0.3) is 0 Å². The molecule has 6 heteroatoms. The number of carboxylic acid groups (broad SMARTS) is 1. The molecule has 1 aliphatic carbocycles. The van der Waals surface area contributed by atoms with E-state index < -0.39 is 17.4 Å². The lowest BCUT2D eigenvalue weighted by molar-refractivity contribution is -0.142. The zero-order valence-electron chi connectivity index (χ0n) is 14.4. The molecule has 1 saturated heterocycles. The van der Waals surface area contributed by atoms with E-state index in [9.17, 15) is 19.1 Å². The lowest BCUT2D eigenvalue weighted by Gasteiger charge is -2.35. The van der Waals surface area contributed by atoms with Crippen molar-refractivity contribution in [1.29, 1.82) is 0 Å². The van der Waals surface area contributed by atoms with Crippen LogP contribution in [0, 0.1) is 5.82 Å². The van der Waals surface area contributed by atoms with Crippen LogP contribution in [0.1, 0.15) is 44.1 Å². The van der Waals surface area contributed by atoms with Gasteiger partial charge in [0, 0.05) is 25.3 Å². The van der Waals surface area contributed by atoms with Crippen molar-refractivity contribution in [3.63, 3.8) is 0 Å². The van der Waals surface area contributed by atoms with Crippen LogP contribution in [-0.2, 0) is 19.7 Å². The number of halogens is 1. The first kappa shape index (κ1) is 17.9. The van der Waals surface area contributed by atoms with Gasteiger partial charge in [-0.05, 0) is 25.3 Å². The van der Waals surface area contributed by atoms with Crippen LogP contribution in [0.3, 0.4) is 0 Å². The molecular formula is C19H24FNO4. The number of aliphatic carboxylic acids is 1. The minimum absolute atomic E-state index is 0.112. The highest BCUT2D eigenvalue weighted by molar-refractivity contribution is 5.89. The molecule has 0 bridgehead atoms. The van der Waals surface area contributed by atoms with Crippen molar-refractivity contribution in [2.24, 2.45) is 0 Å². The first-order valence-electron chi connectivity index (χ1n) is 8.78. The van der Waals surface area contributed by atoms with Crippen molar-refractivity contribution < 1.29 is 23.8 Å². The SMILES string of the molecule is COC1CC(CC(=O)O)N(C(=O)C2(c3ccccc3F)CCCC2)C1. The van der Waals surface area contributed by atoms with Gasteiger partial charge in [-0.1, -0.05) is 31.0 Å². The topological polar surface area (TPSA) is 66.8 Å². The zero-order valence-corrected chi connectivity index (χ0v) is 14.4. The standard InChI is InChI=1S/C19H24FNO4/c1-25-14-10-13(11-17(22)23)21(12-14)18(24)19(8-4-5-9-19)15-6-2-3-7-16(15)20/h2-3,6-7,13-14H,4-5,8-12H2,1H3,(H,22,23). The molecule has 25 heavy (non-hydrogen) atoms. The van der Waals surface area contributed by atoms with E-state index in [2.05, 4.69) is 0 Å². The summed E-state index contributed by atoms with van der Waals surface area (Å²) in [6, 6.07) is 6.05. The average molecular weight is 349 g/mol. The van der Waals surface area contributed by atoms with Gasteiger partial charge in [0.1, 0.15) is 5.82 Å². The number of methoxy groups -OCH3 is 1. The maximum absolute atomic E-state index is 14.5. The van der Waals surface area contributed by atoms with E-state index in [0.717, 1.165) is 12.8 Å². The van der Waals surface area contributed by atoms with E-state index in [-0.39, 0.29) is 24.2 Å². The fourth-order valence-corrected chi connectivity index (χ4v) is 4.39. The third kappa shape index (κ3) is 3.27. The Morgan fingerprint density at radius 3 is 2.60 bits per heavy atom. The van der Waals surface area contributed by atoms with Crippen LogP contribution in [0.4, 0.5) is 4.39 Å². The average Bonchev–Trinajstić information content (AvgIpc) is 3.22. The molecule has 136 valence electrons. The molecule has 1 N–H and O–H groups in total. The Kier molecular flexibility index (Phi) is 5.08. The summed E-state index contributed by atoms with van der Waals surface area (Å²) in [5.74, 6) is -1.46. The maximum atomic E-state index is 14.5. The number of hydrogen-bond donors (Lipinski definition) is 1. The predicted octanol–water partition coefficient (Wildman–Crippen LogP) is 2.73. The first-order valence-corrected chi connectivity index (χ1v) is 8.78. The normalized spacial score (nSPS) is 25.3. The van der Waals surface area contributed by atoms with Gasteiger partial charge in [-0.25, -0.2) is 4.39 Å². The van der Waals surface area contributed by atoms with Crippen molar-refractivity contribution in [3.8, 4) is 0 Å². The summed E-state index contributed by atoms with van der Waals surface area (Å²) in [5, 5.41) is 9.18. The molecule has 2 aliphatic rings. The number of ether oxygens (including phenoxy) is 1. The van der Waals surface area contributed by atoms with Crippen molar-refractivity contribution >= 4 is 11.9 Å². The van der Waals surface area contributed by atoms with Gasteiger partial charge < -0.3 is 14.7 Å². The number of rotatable bonds is 5. The van der Waals surface area contributed by atoms with Gasteiger partial charge in [-0.2, -0.15) is 0 Å². The molecule has 1 heterocycles. The van der Waals surface area contributed by atoms with Crippen LogP contribution in [0.5, 0.6) is 0 Å². The summed E-state index contributed by atoms with van der Waals surface area (Å²) in [6.45, 7) is 0.365. The summed E-state index contributed by atoms with van der Waals surface area (Å²) in [6.07, 6.45) is 3.14. The number of carbonyl (C=O) groups is 2. The van der Waals surface area contributed by atoms with Gasteiger partial charge in [-0.3, -0.25) is 9.59 Å². The summed E-state index contributed by atoms with van der Waals surface area (Å²) in [4.78, 5) is 26.3. The molecule has 1 aromatic carbocycles. The Balaban J connectivity index is 1.95. The van der Waals surface area contributed by atoms with Crippen molar-refractivity contribution in [1.82, 2.24) is 4.90 Å². The second-order valence-electron chi connectivity index (χ2n) is 7.07. The molecule has 2 fully saturated rings. The minimum Gasteiger partial charge on any atom is -0.481 e. The summed E-state index contributed by atoms with van der Waals surface area (Å²) >= 11 is 0. The molecule has 3 rings (SSSR count). The van der Waals surface area contributed by atoms with Gasteiger partial charge in [0.05, 0.1) is 17.9 Å². The number of likely N-dealkylation sites (tertiary alicyclic amines) is 1. The Labute approximate surface area is 146 Å². The van der Waals surface area contributed by atoms with Crippen molar-refractivity contribution in [3.05, 3.63) is 35.6 Å². The second-order valence-corrected chi connectivity index (χ2v) is 7.07. The number of nitrogens with zero attached hydrogens (tertiary/aromatic N) is 1. The van der Waals surface area contributed by atoms with Crippen LogP contribution < -0.4 is 0 Å². The number of amides is 1.